The minimum Gasteiger partial charge on any atom is -0.393 e. The Balaban J connectivity index is 1.58. The van der Waals surface area contributed by atoms with Crippen LogP contribution in [0.3, 0.4) is 0 Å². The van der Waals surface area contributed by atoms with Gasteiger partial charge in [-0.25, -0.2) is 0 Å². The predicted octanol–water partition coefficient (Wildman–Crippen LogP) is 6.03. The summed E-state index contributed by atoms with van der Waals surface area (Å²) in [5.74, 6) is 1.03. The fourth-order valence-electron chi connectivity index (χ4n) is 6.79. The van der Waals surface area contributed by atoms with Gasteiger partial charge in [0.2, 0.25) is 0 Å². The molecule has 3 aliphatic carbocycles. The van der Waals surface area contributed by atoms with Crippen molar-refractivity contribution in [3.63, 3.8) is 0 Å². The van der Waals surface area contributed by atoms with Crippen molar-refractivity contribution in [3.05, 3.63) is 47.6 Å². The Morgan fingerprint density at radius 1 is 1.21 bits per heavy atom. The topological polar surface area (TPSA) is 69.9 Å². The zero-order chi connectivity index (χ0) is 24.9. The van der Waals surface area contributed by atoms with Crippen molar-refractivity contribution >= 4 is 0 Å². The molecule has 0 spiro atoms. The summed E-state index contributed by atoms with van der Waals surface area (Å²) in [5.41, 5.74) is 4.13. The minimum absolute atomic E-state index is 0.219. The van der Waals surface area contributed by atoms with Crippen molar-refractivity contribution in [1.29, 1.82) is 0 Å². The number of aliphatic hydroxyl groups excluding tert-OH is 2. The SMILES string of the molecule is C=C(COCCCC(O)(CC)CC)[C@H]1CC[C@H]2C(=CC=C3C[C@@H](O)C[C@H](O)C3=C)CCC[C@]12C. The highest BCUT2D eigenvalue weighted by atomic mass is 16.5. The number of aliphatic hydroxyl groups is 3. The number of rotatable bonds is 10. The van der Waals surface area contributed by atoms with Crippen molar-refractivity contribution in [3.8, 4) is 0 Å². The molecule has 0 unspecified atom stereocenters. The summed E-state index contributed by atoms with van der Waals surface area (Å²) in [4.78, 5) is 0. The molecular weight excluding hydrogens is 424 g/mol. The van der Waals surface area contributed by atoms with E-state index in [1.807, 2.05) is 13.8 Å². The lowest BCUT2D eigenvalue weighted by atomic mass is 9.62. The molecule has 0 amide bonds. The van der Waals surface area contributed by atoms with Crippen LogP contribution in [0.1, 0.15) is 91.4 Å². The van der Waals surface area contributed by atoms with Crippen LogP contribution < -0.4 is 0 Å². The van der Waals surface area contributed by atoms with Crippen LogP contribution >= 0.6 is 0 Å². The van der Waals surface area contributed by atoms with E-state index in [9.17, 15) is 15.3 Å². The molecule has 4 nitrogen and oxygen atoms in total. The van der Waals surface area contributed by atoms with Crippen LogP contribution in [0.5, 0.6) is 0 Å². The Morgan fingerprint density at radius 2 is 1.94 bits per heavy atom. The first-order chi connectivity index (χ1) is 16.1. The quantitative estimate of drug-likeness (QED) is 0.268. The zero-order valence-electron chi connectivity index (χ0n) is 21.8. The normalized spacial score (nSPS) is 34.6. The fraction of sp³-hybridized carbons (Fsp3) is 0.733. The van der Waals surface area contributed by atoms with Gasteiger partial charge in [-0.1, -0.05) is 51.7 Å². The van der Waals surface area contributed by atoms with E-state index in [-0.39, 0.29) is 5.41 Å². The highest BCUT2D eigenvalue weighted by molar-refractivity contribution is 5.39. The third kappa shape index (κ3) is 6.13. The van der Waals surface area contributed by atoms with E-state index in [1.165, 1.54) is 30.4 Å². The third-order valence-electron chi connectivity index (χ3n) is 9.26. The van der Waals surface area contributed by atoms with Crippen molar-refractivity contribution in [1.82, 2.24) is 0 Å². The van der Waals surface area contributed by atoms with Crippen molar-refractivity contribution < 1.29 is 20.1 Å². The number of fused-ring (bicyclic) bond motifs is 1. The molecular formula is C30H48O4. The first-order valence-electron chi connectivity index (χ1n) is 13.6. The molecule has 3 aliphatic rings. The van der Waals surface area contributed by atoms with Gasteiger partial charge in [-0.15, -0.1) is 0 Å². The molecule has 0 saturated heterocycles. The van der Waals surface area contributed by atoms with E-state index in [4.69, 9.17) is 4.74 Å². The Hall–Kier alpha value is -1.20. The van der Waals surface area contributed by atoms with E-state index in [0.29, 0.717) is 37.9 Å². The molecule has 3 saturated carbocycles. The first-order valence-corrected chi connectivity index (χ1v) is 13.6. The summed E-state index contributed by atoms with van der Waals surface area (Å²) < 4.78 is 6.01. The molecule has 34 heavy (non-hydrogen) atoms. The van der Waals surface area contributed by atoms with Gasteiger partial charge >= 0.3 is 0 Å². The molecule has 4 heteroatoms. The maximum atomic E-state index is 10.5. The zero-order valence-corrected chi connectivity index (χ0v) is 21.8. The maximum absolute atomic E-state index is 10.5. The third-order valence-corrected chi connectivity index (χ3v) is 9.26. The summed E-state index contributed by atoms with van der Waals surface area (Å²) in [5, 5.41) is 30.7. The smallest absolute Gasteiger partial charge is 0.0811 e. The van der Waals surface area contributed by atoms with Crippen LogP contribution in [0.25, 0.3) is 0 Å². The lowest BCUT2D eigenvalue weighted by molar-refractivity contribution is 0.0128. The Bertz CT molecular complexity index is 790. The van der Waals surface area contributed by atoms with Crippen molar-refractivity contribution in [2.75, 3.05) is 13.2 Å². The molecule has 0 aromatic heterocycles. The van der Waals surface area contributed by atoms with Gasteiger partial charge in [0.15, 0.2) is 0 Å². The second-order valence-corrected chi connectivity index (χ2v) is 11.4. The van der Waals surface area contributed by atoms with Gasteiger partial charge in [0.05, 0.1) is 24.4 Å². The molecule has 3 fully saturated rings. The lowest BCUT2D eigenvalue weighted by Crippen LogP contribution is -2.34. The molecule has 3 rings (SSSR count). The van der Waals surface area contributed by atoms with Gasteiger partial charge in [0.25, 0.3) is 0 Å². The minimum atomic E-state index is -0.637. The molecule has 3 N–H and O–H groups in total. The summed E-state index contributed by atoms with van der Waals surface area (Å²) in [6.45, 7) is 16.3. The number of hydrogen-bond acceptors (Lipinski definition) is 4. The molecule has 192 valence electrons. The summed E-state index contributed by atoms with van der Waals surface area (Å²) in [7, 11) is 0. The number of ether oxygens (including phenoxy) is 1. The van der Waals surface area contributed by atoms with E-state index in [1.54, 1.807) is 0 Å². The highest BCUT2D eigenvalue weighted by Gasteiger charge is 2.49. The Morgan fingerprint density at radius 3 is 2.65 bits per heavy atom. The average Bonchev–Trinajstić information content (AvgIpc) is 3.17. The van der Waals surface area contributed by atoms with E-state index >= 15 is 0 Å². The van der Waals surface area contributed by atoms with E-state index in [2.05, 4.69) is 32.2 Å². The van der Waals surface area contributed by atoms with Gasteiger partial charge in [-0.2, -0.15) is 0 Å². The largest absolute Gasteiger partial charge is 0.393 e. The molecule has 0 heterocycles. The van der Waals surface area contributed by atoms with Crippen LogP contribution in [-0.4, -0.2) is 46.3 Å². The maximum Gasteiger partial charge on any atom is 0.0811 e. The van der Waals surface area contributed by atoms with Gasteiger partial charge in [0.1, 0.15) is 0 Å². The van der Waals surface area contributed by atoms with E-state index < -0.39 is 17.8 Å². The lowest BCUT2D eigenvalue weighted by Gasteiger charge is -2.43. The molecule has 0 aliphatic heterocycles. The monoisotopic (exact) mass is 472 g/mol. The predicted molar refractivity (Wildman–Crippen MR) is 139 cm³/mol. The van der Waals surface area contributed by atoms with Gasteiger partial charge in [-0.3, -0.25) is 0 Å². The van der Waals surface area contributed by atoms with E-state index in [0.717, 1.165) is 49.7 Å². The highest BCUT2D eigenvalue weighted by Crippen LogP contribution is 2.59. The summed E-state index contributed by atoms with van der Waals surface area (Å²) in [6.07, 6.45) is 13.3. The molecule has 5 atom stereocenters. The Labute approximate surface area is 207 Å². The summed E-state index contributed by atoms with van der Waals surface area (Å²) >= 11 is 0. The van der Waals surface area contributed by atoms with Gasteiger partial charge in [-0.05, 0) is 98.2 Å². The van der Waals surface area contributed by atoms with Crippen LogP contribution in [0.4, 0.5) is 0 Å². The number of allylic oxidation sites excluding steroid dienone is 3. The molecule has 0 bridgehead atoms. The van der Waals surface area contributed by atoms with Crippen molar-refractivity contribution in [2.45, 2.75) is 109 Å². The molecule has 0 radical (unpaired) electrons. The number of hydrogen-bond donors (Lipinski definition) is 3. The fourth-order valence-corrected chi connectivity index (χ4v) is 6.79. The van der Waals surface area contributed by atoms with Gasteiger partial charge < -0.3 is 20.1 Å². The molecule has 0 aromatic carbocycles. The van der Waals surface area contributed by atoms with Crippen LogP contribution in [0.2, 0.25) is 0 Å². The van der Waals surface area contributed by atoms with Crippen LogP contribution in [-0.2, 0) is 4.74 Å². The van der Waals surface area contributed by atoms with Crippen molar-refractivity contribution in [2.24, 2.45) is 17.3 Å². The molecule has 0 aromatic rings. The Kier molecular flexibility index (Phi) is 9.42. The van der Waals surface area contributed by atoms with Crippen LogP contribution in [0.15, 0.2) is 47.6 Å². The standard InChI is InChI=1S/C30H48O4/c1-6-30(33,7-2)16-9-17-34-20-21(3)26-13-14-27-23(10-8-15-29(26,27)5)11-12-24-18-25(31)19-28(32)22(24)4/h11-12,25-28,31-33H,3-4,6-10,13-20H2,1-2,5H3/t25-,26-,27+,28+,29-/m1/s1. The second-order valence-electron chi connectivity index (χ2n) is 11.4. The summed E-state index contributed by atoms with van der Waals surface area (Å²) in [6, 6.07) is 0. The second kappa shape index (κ2) is 11.7. The average molecular weight is 473 g/mol. The van der Waals surface area contributed by atoms with Crippen LogP contribution in [0, 0.1) is 17.3 Å². The van der Waals surface area contributed by atoms with Gasteiger partial charge in [0, 0.05) is 13.0 Å². The first kappa shape index (κ1) is 27.4.